The van der Waals surface area contributed by atoms with Gasteiger partial charge in [-0.2, -0.15) is 13.2 Å². The van der Waals surface area contributed by atoms with Gasteiger partial charge in [0.25, 0.3) is 5.69 Å². The van der Waals surface area contributed by atoms with E-state index < -0.39 is 27.8 Å². The molecule has 0 N–H and O–H groups in total. The Bertz CT molecular complexity index is 1030. The van der Waals surface area contributed by atoms with Gasteiger partial charge in [0.15, 0.2) is 5.43 Å². The number of hydrogen-bond acceptors (Lipinski definition) is 6. The number of nitro groups is 1. The van der Waals surface area contributed by atoms with Gasteiger partial charge in [-0.05, 0) is 24.8 Å². The highest BCUT2D eigenvalue weighted by Gasteiger charge is 2.34. The lowest BCUT2D eigenvalue weighted by atomic mass is 9.89. The molecule has 1 aromatic heterocycles. The SMILES string of the molecule is O=c1cc(N2CCN(CC3CCCCC3)CC2)sc2c([N+](=O)[O-])cc(C(F)(F)F)cc12. The first-order valence-corrected chi connectivity index (χ1v) is 11.3. The van der Waals surface area contributed by atoms with Gasteiger partial charge >= 0.3 is 6.18 Å². The number of piperazine rings is 1. The molecule has 2 aliphatic rings. The molecule has 2 heterocycles. The number of halogens is 3. The van der Waals surface area contributed by atoms with Crippen molar-refractivity contribution < 1.29 is 18.1 Å². The summed E-state index contributed by atoms with van der Waals surface area (Å²) in [5.74, 6) is 0.738. The number of anilines is 1. The number of non-ortho nitro benzene ring substituents is 1. The highest BCUT2D eigenvalue weighted by molar-refractivity contribution is 7.22. The Labute approximate surface area is 181 Å². The molecule has 1 aliphatic carbocycles. The van der Waals surface area contributed by atoms with E-state index in [1.54, 1.807) is 0 Å². The Morgan fingerprint density at radius 3 is 2.35 bits per heavy atom. The molecule has 31 heavy (non-hydrogen) atoms. The van der Waals surface area contributed by atoms with Gasteiger partial charge in [-0.15, -0.1) is 11.3 Å². The molecule has 168 valence electrons. The van der Waals surface area contributed by atoms with E-state index in [0.717, 1.165) is 36.9 Å². The zero-order valence-electron chi connectivity index (χ0n) is 17.0. The summed E-state index contributed by atoms with van der Waals surface area (Å²) >= 11 is 1.02. The number of fused-ring (bicyclic) bond motifs is 1. The normalized spacial score (nSPS) is 19.1. The van der Waals surface area contributed by atoms with Gasteiger partial charge in [0, 0.05) is 50.2 Å². The smallest absolute Gasteiger partial charge is 0.361 e. The fraction of sp³-hybridized carbons (Fsp3) is 0.571. The Hall–Kier alpha value is -2.20. The standard InChI is InChI=1S/C21H24F3N3O3S/c22-21(23,24)15-10-16-18(28)12-19(31-20(16)17(11-15)27(29)30)26-8-6-25(7-9-26)13-14-4-2-1-3-5-14/h10-12,14H,1-9,13H2. The van der Waals surface area contributed by atoms with Crippen LogP contribution in [0.2, 0.25) is 0 Å². The zero-order valence-corrected chi connectivity index (χ0v) is 17.8. The molecule has 2 aromatic rings. The summed E-state index contributed by atoms with van der Waals surface area (Å²) in [7, 11) is 0. The molecule has 4 rings (SSSR count). The van der Waals surface area contributed by atoms with Gasteiger partial charge in [0.2, 0.25) is 0 Å². The Kier molecular flexibility index (Phi) is 6.20. The van der Waals surface area contributed by atoms with Crippen molar-refractivity contribution in [3.05, 3.63) is 44.1 Å². The van der Waals surface area contributed by atoms with Crippen LogP contribution in [0.5, 0.6) is 0 Å². The minimum absolute atomic E-state index is 0.00913. The molecule has 1 saturated heterocycles. The second kappa shape index (κ2) is 8.74. The third kappa shape index (κ3) is 4.85. The number of benzene rings is 1. The van der Waals surface area contributed by atoms with Gasteiger partial charge in [-0.1, -0.05) is 19.3 Å². The molecular formula is C21H24F3N3O3S. The molecule has 1 saturated carbocycles. The van der Waals surface area contributed by atoms with Crippen LogP contribution in [0.1, 0.15) is 37.7 Å². The maximum Gasteiger partial charge on any atom is 0.416 e. The van der Waals surface area contributed by atoms with Crippen LogP contribution in [0.4, 0.5) is 23.9 Å². The topological polar surface area (TPSA) is 66.7 Å². The lowest BCUT2D eigenvalue weighted by Crippen LogP contribution is -2.48. The van der Waals surface area contributed by atoms with Crippen molar-refractivity contribution in [2.24, 2.45) is 5.92 Å². The molecule has 2 fully saturated rings. The van der Waals surface area contributed by atoms with Crippen molar-refractivity contribution in [2.75, 3.05) is 37.6 Å². The van der Waals surface area contributed by atoms with Gasteiger partial charge in [0.1, 0.15) is 4.70 Å². The van der Waals surface area contributed by atoms with Crippen molar-refractivity contribution >= 4 is 32.1 Å². The van der Waals surface area contributed by atoms with Crippen LogP contribution in [-0.4, -0.2) is 42.5 Å². The summed E-state index contributed by atoms with van der Waals surface area (Å²) in [5.41, 5.74) is -2.48. The number of nitro benzene ring substituents is 1. The molecule has 0 spiro atoms. The lowest BCUT2D eigenvalue weighted by molar-refractivity contribution is -0.383. The van der Waals surface area contributed by atoms with Crippen LogP contribution in [-0.2, 0) is 6.18 Å². The van der Waals surface area contributed by atoms with Crippen molar-refractivity contribution in [1.82, 2.24) is 4.90 Å². The summed E-state index contributed by atoms with van der Waals surface area (Å²) < 4.78 is 39.4. The lowest BCUT2D eigenvalue weighted by Gasteiger charge is -2.38. The molecular weight excluding hydrogens is 431 g/mol. The molecule has 10 heteroatoms. The van der Waals surface area contributed by atoms with E-state index in [2.05, 4.69) is 4.90 Å². The van der Waals surface area contributed by atoms with Crippen LogP contribution in [0.3, 0.4) is 0 Å². The van der Waals surface area contributed by atoms with Gasteiger partial charge in [-0.25, -0.2) is 0 Å². The van der Waals surface area contributed by atoms with E-state index in [4.69, 9.17) is 0 Å². The third-order valence-corrected chi connectivity index (χ3v) is 7.46. The zero-order chi connectivity index (χ0) is 22.2. The van der Waals surface area contributed by atoms with E-state index in [0.29, 0.717) is 30.2 Å². The van der Waals surface area contributed by atoms with Gasteiger partial charge < -0.3 is 4.90 Å². The Morgan fingerprint density at radius 2 is 1.74 bits per heavy atom. The van der Waals surface area contributed by atoms with E-state index in [9.17, 15) is 28.1 Å². The first kappa shape index (κ1) is 22.0. The third-order valence-electron chi connectivity index (χ3n) is 6.25. The van der Waals surface area contributed by atoms with Crippen LogP contribution in [0.15, 0.2) is 23.0 Å². The predicted molar refractivity (Wildman–Crippen MR) is 115 cm³/mol. The van der Waals surface area contributed by atoms with Crippen molar-refractivity contribution in [3.63, 3.8) is 0 Å². The summed E-state index contributed by atoms with van der Waals surface area (Å²) in [5, 5.41) is 11.8. The fourth-order valence-electron chi connectivity index (χ4n) is 4.57. The monoisotopic (exact) mass is 455 g/mol. The van der Waals surface area contributed by atoms with Gasteiger partial charge in [-0.3, -0.25) is 19.8 Å². The average molecular weight is 456 g/mol. The number of hydrogen-bond donors (Lipinski definition) is 0. The second-order valence-corrected chi connectivity index (χ2v) is 9.40. The summed E-state index contributed by atoms with van der Waals surface area (Å²) in [6, 6.07) is 2.55. The van der Waals surface area contributed by atoms with Crippen LogP contribution in [0.25, 0.3) is 10.1 Å². The maximum atomic E-state index is 13.1. The number of alkyl halides is 3. The molecule has 0 radical (unpaired) electrons. The Balaban J connectivity index is 1.57. The molecule has 1 aromatic carbocycles. The van der Waals surface area contributed by atoms with Crippen LogP contribution >= 0.6 is 11.3 Å². The predicted octanol–water partition coefficient (Wildman–Crippen LogP) is 4.89. The molecule has 0 unspecified atom stereocenters. The quantitative estimate of drug-likeness (QED) is 0.485. The van der Waals surface area contributed by atoms with E-state index in [1.165, 1.54) is 38.2 Å². The van der Waals surface area contributed by atoms with Crippen LogP contribution in [0, 0.1) is 16.0 Å². The second-order valence-electron chi connectivity index (χ2n) is 8.37. The van der Waals surface area contributed by atoms with Crippen LogP contribution < -0.4 is 10.3 Å². The highest BCUT2D eigenvalue weighted by Crippen LogP contribution is 2.39. The van der Waals surface area contributed by atoms with E-state index >= 15 is 0 Å². The number of rotatable bonds is 4. The molecule has 1 aliphatic heterocycles. The van der Waals surface area contributed by atoms with E-state index in [1.807, 2.05) is 4.90 Å². The minimum Gasteiger partial charge on any atom is -0.361 e. The average Bonchev–Trinajstić information content (AvgIpc) is 2.73. The minimum atomic E-state index is -4.76. The molecule has 0 atom stereocenters. The number of nitrogens with zero attached hydrogens (tertiary/aromatic N) is 3. The summed E-state index contributed by atoms with van der Waals surface area (Å²) in [4.78, 5) is 27.6. The first-order valence-electron chi connectivity index (χ1n) is 10.5. The van der Waals surface area contributed by atoms with E-state index in [-0.39, 0.29) is 10.1 Å². The molecule has 0 bridgehead atoms. The van der Waals surface area contributed by atoms with Crippen molar-refractivity contribution in [3.8, 4) is 0 Å². The maximum absolute atomic E-state index is 13.1. The molecule has 6 nitrogen and oxygen atoms in total. The Morgan fingerprint density at radius 1 is 1.06 bits per heavy atom. The van der Waals surface area contributed by atoms with Gasteiger partial charge in [0.05, 0.1) is 15.5 Å². The highest BCUT2D eigenvalue weighted by atomic mass is 32.1. The van der Waals surface area contributed by atoms with Crippen molar-refractivity contribution in [1.29, 1.82) is 0 Å². The largest absolute Gasteiger partial charge is 0.416 e. The van der Waals surface area contributed by atoms with Crippen molar-refractivity contribution in [2.45, 2.75) is 38.3 Å². The first-order chi connectivity index (χ1) is 14.7. The summed E-state index contributed by atoms with van der Waals surface area (Å²) in [6.45, 7) is 4.12. The molecule has 0 amide bonds. The summed E-state index contributed by atoms with van der Waals surface area (Å²) in [6.07, 6.45) is 1.70. The fourth-order valence-corrected chi connectivity index (χ4v) is 5.76.